The zero-order chi connectivity index (χ0) is 20.7. The largest absolute Gasteiger partial charge is 0.392 e. The van der Waals surface area contributed by atoms with Gasteiger partial charge in [0.25, 0.3) is 0 Å². The lowest BCUT2D eigenvalue weighted by molar-refractivity contribution is -0.120. The van der Waals surface area contributed by atoms with E-state index >= 15 is 0 Å². The second-order valence-electron chi connectivity index (χ2n) is 8.78. The van der Waals surface area contributed by atoms with Gasteiger partial charge in [0, 0.05) is 37.1 Å². The van der Waals surface area contributed by atoms with Crippen LogP contribution in [-0.4, -0.2) is 46.6 Å². The van der Waals surface area contributed by atoms with Gasteiger partial charge in [-0.15, -0.1) is 12.4 Å². The fourth-order valence-corrected chi connectivity index (χ4v) is 5.27. The number of nitrogens with zero attached hydrogens (tertiary/aromatic N) is 2. The zero-order valence-corrected chi connectivity index (χ0v) is 18.2. The maximum Gasteiger partial charge on any atom is 0.228 e. The van der Waals surface area contributed by atoms with Crippen molar-refractivity contribution in [2.24, 2.45) is 11.7 Å². The molecule has 1 saturated heterocycles. The standard InChI is InChI=1S/C25H27N3O2.ClH/c26-24(30)25(19-12-18-8-4-5-9-23(18)27-14-19)13-22(25)21(17-6-2-1-3-7-17)16-28-11-10-20(29)15-28;/h1-9,12,14,20-22,29H,10-11,13,15-16H2,(H2,26,30);1H/t20-,21+,22?,25?;/m0./s1. The molecule has 6 heteroatoms. The van der Waals surface area contributed by atoms with Crippen molar-refractivity contribution in [2.45, 2.75) is 30.3 Å². The fourth-order valence-electron chi connectivity index (χ4n) is 5.27. The summed E-state index contributed by atoms with van der Waals surface area (Å²) in [5, 5.41) is 11.0. The number of nitrogens with two attached hydrogens (primary N) is 1. The Morgan fingerprint density at radius 2 is 1.94 bits per heavy atom. The number of halogens is 1. The normalized spacial score (nSPS) is 26.4. The van der Waals surface area contributed by atoms with Crippen LogP contribution in [0.5, 0.6) is 0 Å². The molecule has 2 fully saturated rings. The maximum absolute atomic E-state index is 12.8. The molecule has 4 atom stereocenters. The second kappa shape index (κ2) is 8.58. The van der Waals surface area contributed by atoms with Crippen molar-refractivity contribution < 1.29 is 9.90 Å². The lowest BCUT2D eigenvalue weighted by Gasteiger charge is -2.26. The molecule has 1 aromatic heterocycles. The number of hydrogen-bond donors (Lipinski definition) is 2. The molecule has 2 aromatic carbocycles. The lowest BCUT2D eigenvalue weighted by Crippen LogP contribution is -2.35. The van der Waals surface area contributed by atoms with E-state index < -0.39 is 5.41 Å². The summed E-state index contributed by atoms with van der Waals surface area (Å²) in [5.41, 5.74) is 8.40. The number of carbonyl (C=O) groups excluding carboxylic acids is 1. The third-order valence-corrected chi connectivity index (χ3v) is 6.98. The molecule has 3 N–H and O–H groups in total. The first-order valence-electron chi connectivity index (χ1n) is 10.7. The Labute approximate surface area is 188 Å². The highest BCUT2D eigenvalue weighted by Gasteiger charge is 2.63. The predicted molar refractivity (Wildman–Crippen MR) is 124 cm³/mol. The molecule has 2 aliphatic rings. The van der Waals surface area contributed by atoms with Crippen LogP contribution in [0.4, 0.5) is 0 Å². The Hall–Kier alpha value is -2.47. The van der Waals surface area contributed by atoms with E-state index in [-0.39, 0.29) is 36.3 Å². The number of primary amides is 1. The smallest absolute Gasteiger partial charge is 0.228 e. The quantitative estimate of drug-likeness (QED) is 0.620. The summed E-state index contributed by atoms with van der Waals surface area (Å²) >= 11 is 0. The highest BCUT2D eigenvalue weighted by molar-refractivity contribution is 5.92. The van der Waals surface area contributed by atoms with E-state index in [9.17, 15) is 9.90 Å². The van der Waals surface area contributed by atoms with Crippen molar-refractivity contribution in [1.29, 1.82) is 0 Å². The van der Waals surface area contributed by atoms with Gasteiger partial charge in [0.15, 0.2) is 0 Å². The molecule has 1 aliphatic carbocycles. The topological polar surface area (TPSA) is 79.5 Å². The summed E-state index contributed by atoms with van der Waals surface area (Å²) in [6, 6.07) is 20.4. The third-order valence-electron chi connectivity index (χ3n) is 6.98. The molecule has 1 amide bonds. The molecule has 1 aliphatic heterocycles. The highest BCUT2D eigenvalue weighted by Crippen LogP contribution is 2.60. The highest BCUT2D eigenvalue weighted by atomic mass is 35.5. The summed E-state index contributed by atoms with van der Waals surface area (Å²) in [6.45, 7) is 2.40. The van der Waals surface area contributed by atoms with Gasteiger partial charge in [-0.2, -0.15) is 0 Å². The van der Waals surface area contributed by atoms with Gasteiger partial charge in [-0.1, -0.05) is 48.5 Å². The van der Waals surface area contributed by atoms with Crippen LogP contribution in [-0.2, 0) is 10.2 Å². The van der Waals surface area contributed by atoms with E-state index in [4.69, 9.17) is 5.73 Å². The summed E-state index contributed by atoms with van der Waals surface area (Å²) in [4.78, 5) is 19.7. The second-order valence-corrected chi connectivity index (χ2v) is 8.78. The zero-order valence-electron chi connectivity index (χ0n) is 17.4. The number of β-amino-alcohol motifs (C(OH)–C–C–N with tert-alkyl or cyclic N) is 1. The molecule has 3 aromatic rings. The van der Waals surface area contributed by atoms with Crippen LogP contribution < -0.4 is 5.73 Å². The van der Waals surface area contributed by atoms with Gasteiger partial charge < -0.3 is 15.7 Å². The SMILES string of the molecule is Cl.NC(=O)C1(c2cnc3ccccc3c2)CC1[C@H](CN1CC[C@H](O)C1)c1ccccc1. The number of carbonyl (C=O) groups is 1. The number of aliphatic hydroxyl groups is 1. The van der Waals surface area contributed by atoms with Crippen LogP contribution in [0.25, 0.3) is 10.9 Å². The van der Waals surface area contributed by atoms with Crippen LogP contribution in [0.2, 0.25) is 0 Å². The van der Waals surface area contributed by atoms with Gasteiger partial charge in [0.05, 0.1) is 17.0 Å². The summed E-state index contributed by atoms with van der Waals surface area (Å²) in [6.07, 6.45) is 3.11. The number of hydrogen-bond acceptors (Lipinski definition) is 4. The van der Waals surface area contributed by atoms with Gasteiger partial charge in [0.2, 0.25) is 5.91 Å². The van der Waals surface area contributed by atoms with E-state index in [1.165, 1.54) is 5.56 Å². The third kappa shape index (κ3) is 3.93. The monoisotopic (exact) mass is 437 g/mol. The first-order chi connectivity index (χ1) is 14.6. The molecule has 31 heavy (non-hydrogen) atoms. The van der Waals surface area contributed by atoms with Gasteiger partial charge >= 0.3 is 0 Å². The number of aliphatic hydroxyl groups excluding tert-OH is 1. The summed E-state index contributed by atoms with van der Waals surface area (Å²) in [7, 11) is 0. The average molecular weight is 438 g/mol. The number of rotatable bonds is 6. The maximum atomic E-state index is 12.8. The molecule has 0 spiro atoms. The number of pyridine rings is 1. The minimum atomic E-state index is -0.685. The van der Waals surface area contributed by atoms with Crippen molar-refractivity contribution in [2.75, 3.05) is 19.6 Å². The first kappa shape index (κ1) is 21.8. The Balaban J connectivity index is 0.00000231. The molecule has 5 nitrogen and oxygen atoms in total. The van der Waals surface area contributed by atoms with Crippen LogP contribution in [0, 0.1) is 5.92 Å². The molecular weight excluding hydrogens is 410 g/mol. The van der Waals surface area contributed by atoms with Gasteiger partial charge in [-0.05, 0) is 42.0 Å². The molecule has 162 valence electrons. The van der Waals surface area contributed by atoms with E-state index in [2.05, 4.69) is 28.1 Å². The van der Waals surface area contributed by atoms with Crippen molar-refractivity contribution in [3.05, 3.63) is 78.0 Å². The van der Waals surface area contributed by atoms with E-state index in [0.29, 0.717) is 6.54 Å². The van der Waals surface area contributed by atoms with E-state index in [1.54, 1.807) is 0 Å². The van der Waals surface area contributed by atoms with E-state index in [1.807, 2.05) is 48.7 Å². The Kier molecular flexibility index (Phi) is 6.02. The van der Waals surface area contributed by atoms with Crippen LogP contribution in [0.1, 0.15) is 29.9 Å². The minimum Gasteiger partial charge on any atom is -0.392 e. The Bertz CT molecular complexity index is 1080. The molecule has 0 bridgehead atoms. The Morgan fingerprint density at radius 1 is 1.19 bits per heavy atom. The molecule has 1 saturated carbocycles. The fraction of sp³-hybridized carbons (Fsp3) is 0.360. The molecule has 5 rings (SSSR count). The minimum absolute atomic E-state index is 0. The first-order valence-corrected chi connectivity index (χ1v) is 10.7. The Morgan fingerprint density at radius 3 is 2.65 bits per heavy atom. The van der Waals surface area contributed by atoms with Crippen LogP contribution in [0.3, 0.4) is 0 Å². The number of benzene rings is 2. The number of aromatic nitrogens is 1. The van der Waals surface area contributed by atoms with Crippen molar-refractivity contribution in [3.63, 3.8) is 0 Å². The summed E-state index contributed by atoms with van der Waals surface area (Å²) < 4.78 is 0. The number of fused-ring (bicyclic) bond motifs is 1. The number of amides is 1. The van der Waals surface area contributed by atoms with Crippen LogP contribution >= 0.6 is 12.4 Å². The predicted octanol–water partition coefficient (Wildman–Crippen LogP) is 3.25. The molecule has 0 radical (unpaired) electrons. The van der Waals surface area contributed by atoms with E-state index in [0.717, 1.165) is 42.4 Å². The number of para-hydroxylation sites is 1. The lowest BCUT2D eigenvalue weighted by atomic mass is 9.84. The molecular formula is C25H28ClN3O2. The van der Waals surface area contributed by atoms with Crippen molar-refractivity contribution in [3.8, 4) is 0 Å². The number of likely N-dealkylation sites (tertiary alicyclic amines) is 1. The van der Waals surface area contributed by atoms with Gasteiger partial charge in [0.1, 0.15) is 0 Å². The van der Waals surface area contributed by atoms with Gasteiger partial charge in [-0.3, -0.25) is 9.78 Å². The average Bonchev–Trinajstić information content (AvgIpc) is 3.40. The molecule has 2 heterocycles. The van der Waals surface area contributed by atoms with Gasteiger partial charge in [-0.25, -0.2) is 0 Å². The molecule has 2 unspecified atom stereocenters. The van der Waals surface area contributed by atoms with Crippen molar-refractivity contribution in [1.82, 2.24) is 9.88 Å². The summed E-state index contributed by atoms with van der Waals surface area (Å²) in [5.74, 6) is 0.0283. The van der Waals surface area contributed by atoms with Crippen LogP contribution in [0.15, 0.2) is 66.9 Å². The van der Waals surface area contributed by atoms with Crippen molar-refractivity contribution >= 4 is 29.2 Å².